The third kappa shape index (κ3) is 3.81. The number of aromatic nitrogens is 2. The van der Waals surface area contributed by atoms with E-state index in [0.717, 1.165) is 16.1 Å². The summed E-state index contributed by atoms with van der Waals surface area (Å²) in [5.74, 6) is 9.50. The lowest BCUT2D eigenvalue weighted by molar-refractivity contribution is 0.0515. The van der Waals surface area contributed by atoms with Crippen molar-refractivity contribution in [2.45, 2.75) is 20.8 Å². The van der Waals surface area contributed by atoms with Crippen molar-refractivity contribution in [1.29, 1.82) is 0 Å². The molecule has 8 nitrogen and oxygen atoms in total. The van der Waals surface area contributed by atoms with Crippen molar-refractivity contribution in [3.63, 3.8) is 0 Å². The quantitative estimate of drug-likeness (QED) is 0.571. The molecule has 0 unspecified atom stereocenters. The topological polar surface area (TPSA) is 125 Å². The summed E-state index contributed by atoms with van der Waals surface area (Å²) in [4.78, 5) is 21.5. The van der Waals surface area contributed by atoms with Crippen molar-refractivity contribution in [2.75, 3.05) is 18.3 Å². The number of nitrogens with two attached hydrogens (primary N) is 2. The predicted molar refractivity (Wildman–Crippen MR) is 81.6 cm³/mol. The number of aryl methyl sites for hydroxylation is 2. The van der Waals surface area contributed by atoms with Crippen LogP contribution >= 0.6 is 0 Å². The molecule has 0 saturated heterocycles. The molecule has 2 aromatic heterocycles. The average Bonchev–Trinajstić information content (AvgIpc) is 2.96. The van der Waals surface area contributed by atoms with Gasteiger partial charge in [0.1, 0.15) is 11.4 Å². The lowest BCUT2D eigenvalue weighted by Gasteiger charge is -2.03. The molecule has 0 aliphatic rings. The van der Waals surface area contributed by atoms with Gasteiger partial charge in [0.2, 0.25) is 0 Å². The summed E-state index contributed by atoms with van der Waals surface area (Å²) >= 11 is 0. The Bertz CT molecular complexity index is 672. The van der Waals surface area contributed by atoms with Gasteiger partial charge in [-0.25, -0.2) is 9.59 Å². The molecule has 120 valence electrons. The van der Waals surface area contributed by atoms with E-state index in [1.807, 2.05) is 6.92 Å². The Hall–Kier alpha value is -2.90. The minimum atomic E-state index is -1.00. The molecule has 0 amide bonds. The van der Waals surface area contributed by atoms with E-state index < -0.39 is 5.97 Å². The fourth-order valence-corrected chi connectivity index (χ4v) is 1.65. The summed E-state index contributed by atoms with van der Waals surface area (Å²) in [7, 11) is 0. The van der Waals surface area contributed by atoms with Crippen LogP contribution in [-0.4, -0.2) is 33.0 Å². The molecule has 0 radical (unpaired) electrons. The number of aromatic carboxylic acids is 1. The van der Waals surface area contributed by atoms with Crippen molar-refractivity contribution in [1.82, 2.24) is 9.35 Å². The van der Waals surface area contributed by atoms with E-state index >= 15 is 0 Å². The van der Waals surface area contributed by atoms with Crippen molar-refractivity contribution < 1.29 is 19.4 Å². The van der Waals surface area contributed by atoms with Gasteiger partial charge in [-0.3, -0.25) is 9.35 Å². The molecule has 0 aromatic carbocycles. The SMILES string of the molecule is CCOC(=O)c1ccc(C)n1N.Cc1ccc(C(=O)O)n1N. The molecule has 0 spiro atoms. The van der Waals surface area contributed by atoms with Crippen molar-refractivity contribution >= 4 is 11.9 Å². The normalized spacial score (nSPS) is 9.77. The molecule has 8 heteroatoms. The summed E-state index contributed by atoms with van der Waals surface area (Å²) < 4.78 is 7.24. The minimum Gasteiger partial charge on any atom is -0.477 e. The number of rotatable bonds is 3. The highest BCUT2D eigenvalue weighted by Crippen LogP contribution is 2.05. The maximum absolute atomic E-state index is 11.2. The van der Waals surface area contributed by atoms with E-state index in [1.165, 1.54) is 10.7 Å². The molecule has 0 fully saturated rings. The van der Waals surface area contributed by atoms with Gasteiger partial charge in [0.05, 0.1) is 6.61 Å². The Labute approximate surface area is 127 Å². The Morgan fingerprint density at radius 2 is 1.50 bits per heavy atom. The number of hydrogen-bond acceptors (Lipinski definition) is 5. The lowest BCUT2D eigenvalue weighted by atomic mass is 10.4. The van der Waals surface area contributed by atoms with Crippen molar-refractivity contribution in [3.05, 3.63) is 47.0 Å². The third-order valence-corrected chi connectivity index (χ3v) is 2.95. The number of carboxylic acid groups (broad SMARTS) is 1. The van der Waals surface area contributed by atoms with E-state index in [1.54, 1.807) is 32.0 Å². The first-order valence-corrected chi connectivity index (χ1v) is 6.56. The number of ether oxygens (including phenoxy) is 1. The van der Waals surface area contributed by atoms with E-state index in [-0.39, 0.29) is 11.7 Å². The van der Waals surface area contributed by atoms with E-state index in [0.29, 0.717) is 12.3 Å². The highest BCUT2D eigenvalue weighted by Gasteiger charge is 2.11. The van der Waals surface area contributed by atoms with E-state index in [9.17, 15) is 9.59 Å². The number of hydrogen-bond donors (Lipinski definition) is 3. The van der Waals surface area contributed by atoms with Gasteiger partial charge in [-0.15, -0.1) is 0 Å². The number of carbonyl (C=O) groups excluding carboxylic acids is 1. The molecular weight excluding hydrogens is 288 g/mol. The second-order valence-corrected chi connectivity index (χ2v) is 4.49. The van der Waals surface area contributed by atoms with Crippen LogP contribution in [0.4, 0.5) is 0 Å². The molecule has 0 bridgehead atoms. The van der Waals surface area contributed by atoms with Crippen LogP contribution in [-0.2, 0) is 4.74 Å². The zero-order chi connectivity index (χ0) is 16.9. The molecule has 0 atom stereocenters. The highest BCUT2D eigenvalue weighted by molar-refractivity contribution is 5.88. The van der Waals surface area contributed by atoms with E-state index in [2.05, 4.69) is 0 Å². The lowest BCUT2D eigenvalue weighted by Crippen LogP contribution is -2.19. The Kier molecular flexibility index (Phi) is 5.62. The molecule has 2 heterocycles. The largest absolute Gasteiger partial charge is 0.477 e. The molecule has 0 aliphatic heterocycles. The maximum atomic E-state index is 11.2. The fourth-order valence-electron chi connectivity index (χ4n) is 1.65. The molecule has 2 aromatic rings. The second kappa shape index (κ2) is 7.21. The molecular formula is C14H20N4O4. The number of carbonyl (C=O) groups is 2. The first-order chi connectivity index (χ1) is 10.3. The van der Waals surface area contributed by atoms with Crippen LogP contribution in [0.5, 0.6) is 0 Å². The molecule has 5 N–H and O–H groups in total. The average molecular weight is 308 g/mol. The number of carboxylic acids is 1. The summed E-state index contributed by atoms with van der Waals surface area (Å²) in [5.41, 5.74) is 2.06. The Morgan fingerprint density at radius 3 is 1.77 bits per heavy atom. The summed E-state index contributed by atoms with van der Waals surface area (Å²) in [6, 6.07) is 6.54. The third-order valence-electron chi connectivity index (χ3n) is 2.95. The maximum Gasteiger partial charge on any atom is 0.356 e. The van der Waals surface area contributed by atoms with Crippen molar-refractivity contribution in [3.8, 4) is 0 Å². The van der Waals surface area contributed by atoms with Crippen LogP contribution in [0.2, 0.25) is 0 Å². The van der Waals surface area contributed by atoms with Gasteiger partial charge in [0.25, 0.3) is 0 Å². The van der Waals surface area contributed by atoms with Gasteiger partial charge >= 0.3 is 11.9 Å². The summed E-state index contributed by atoms with van der Waals surface area (Å²) in [6.07, 6.45) is 0. The Balaban J connectivity index is 0.000000224. The number of esters is 1. The molecule has 2 rings (SSSR count). The first-order valence-electron chi connectivity index (χ1n) is 6.56. The Morgan fingerprint density at radius 1 is 1.05 bits per heavy atom. The van der Waals surface area contributed by atoms with Gasteiger partial charge in [-0.05, 0) is 45.0 Å². The van der Waals surface area contributed by atoms with Crippen LogP contribution in [0.1, 0.15) is 39.3 Å². The van der Waals surface area contributed by atoms with Crippen molar-refractivity contribution in [2.24, 2.45) is 0 Å². The summed E-state index contributed by atoms with van der Waals surface area (Å²) in [5, 5.41) is 8.48. The zero-order valence-corrected chi connectivity index (χ0v) is 12.7. The zero-order valence-electron chi connectivity index (χ0n) is 12.7. The van der Waals surface area contributed by atoms with Crippen LogP contribution in [0.3, 0.4) is 0 Å². The minimum absolute atomic E-state index is 0.109. The predicted octanol–water partition coefficient (Wildman–Crippen LogP) is 0.896. The van der Waals surface area contributed by atoms with Crippen LogP contribution in [0.25, 0.3) is 0 Å². The van der Waals surface area contributed by atoms with Gasteiger partial charge in [0, 0.05) is 11.4 Å². The van der Waals surface area contributed by atoms with Crippen LogP contribution < -0.4 is 11.7 Å². The number of nitrogens with zero attached hydrogens (tertiary/aromatic N) is 2. The number of nitrogen functional groups attached to an aromatic ring is 2. The van der Waals surface area contributed by atoms with Gasteiger partial charge < -0.3 is 21.5 Å². The first kappa shape index (κ1) is 17.2. The highest BCUT2D eigenvalue weighted by atomic mass is 16.5. The molecule has 22 heavy (non-hydrogen) atoms. The van der Waals surface area contributed by atoms with Crippen LogP contribution in [0.15, 0.2) is 24.3 Å². The monoisotopic (exact) mass is 308 g/mol. The van der Waals surface area contributed by atoms with E-state index in [4.69, 9.17) is 21.5 Å². The molecule has 0 saturated carbocycles. The van der Waals surface area contributed by atoms with Gasteiger partial charge in [0.15, 0.2) is 0 Å². The van der Waals surface area contributed by atoms with Gasteiger partial charge in [-0.2, -0.15) is 0 Å². The molecule has 0 aliphatic carbocycles. The fraction of sp³-hybridized carbons (Fsp3) is 0.286. The second-order valence-electron chi connectivity index (χ2n) is 4.49. The van der Waals surface area contributed by atoms with Crippen LogP contribution in [0, 0.1) is 13.8 Å². The standard InChI is InChI=1S/C8H12N2O2.C6H8N2O2/c1-3-12-8(11)7-5-4-6(2)10(7)9;1-4-2-3-5(6(9)10)8(4)7/h4-5H,3,9H2,1-2H3;2-3H,7H2,1H3,(H,9,10). The van der Waals surface area contributed by atoms with Gasteiger partial charge in [-0.1, -0.05) is 0 Å². The smallest absolute Gasteiger partial charge is 0.356 e. The summed E-state index contributed by atoms with van der Waals surface area (Å²) in [6.45, 7) is 5.69.